The van der Waals surface area contributed by atoms with Crippen molar-refractivity contribution in [1.82, 2.24) is 19.7 Å². The molecule has 5 rings (SSSR count). The van der Waals surface area contributed by atoms with Gasteiger partial charge >= 0.3 is 0 Å². The van der Waals surface area contributed by atoms with Crippen LogP contribution in [0.2, 0.25) is 0 Å². The normalized spacial score (nSPS) is 11.4. The van der Waals surface area contributed by atoms with Crippen LogP contribution in [0.5, 0.6) is 0 Å². The molecule has 0 radical (unpaired) electrons. The van der Waals surface area contributed by atoms with E-state index in [1.807, 2.05) is 42.5 Å². The molecule has 5 aromatic rings. The van der Waals surface area contributed by atoms with E-state index in [1.165, 1.54) is 4.68 Å². The first-order valence-corrected chi connectivity index (χ1v) is 8.96. The lowest BCUT2D eigenvalue weighted by Gasteiger charge is -2.07. The van der Waals surface area contributed by atoms with Crippen LogP contribution >= 0.6 is 0 Å². The number of aryl methyl sites for hydroxylation is 1. The second kappa shape index (κ2) is 6.34. The first-order valence-electron chi connectivity index (χ1n) is 8.96. The number of hydrogen-bond donors (Lipinski definition) is 1. The molecule has 0 saturated carbocycles. The second-order valence-corrected chi connectivity index (χ2v) is 6.73. The highest BCUT2D eigenvalue weighted by Crippen LogP contribution is 2.23. The molecule has 0 aliphatic heterocycles. The minimum Gasteiger partial charge on any atom is -0.339 e. The van der Waals surface area contributed by atoms with E-state index in [4.69, 9.17) is 0 Å². The fourth-order valence-electron chi connectivity index (χ4n) is 3.49. The van der Waals surface area contributed by atoms with Crippen molar-refractivity contribution in [2.75, 3.05) is 0 Å². The van der Waals surface area contributed by atoms with Gasteiger partial charge < -0.3 is 4.98 Å². The summed E-state index contributed by atoms with van der Waals surface area (Å²) in [5.41, 5.74) is 2.33. The van der Waals surface area contributed by atoms with Gasteiger partial charge in [-0.2, -0.15) is 9.78 Å². The molecule has 3 aromatic heterocycles. The summed E-state index contributed by atoms with van der Waals surface area (Å²) >= 11 is 0. The van der Waals surface area contributed by atoms with E-state index in [1.54, 1.807) is 13.0 Å². The number of nitrogens with zero attached hydrogens (tertiary/aromatic N) is 3. The van der Waals surface area contributed by atoms with E-state index in [9.17, 15) is 13.6 Å². The van der Waals surface area contributed by atoms with Gasteiger partial charge in [-0.05, 0) is 25.1 Å². The van der Waals surface area contributed by atoms with Gasteiger partial charge in [0.05, 0.1) is 22.3 Å². The van der Waals surface area contributed by atoms with Gasteiger partial charge in [-0.25, -0.2) is 13.8 Å². The highest BCUT2D eigenvalue weighted by molar-refractivity contribution is 5.92. The maximum Gasteiger partial charge on any atom is 0.200 e. The monoisotopic (exact) mass is 388 g/mol. The van der Waals surface area contributed by atoms with Gasteiger partial charge in [0.2, 0.25) is 5.43 Å². The van der Waals surface area contributed by atoms with Crippen molar-refractivity contribution in [3.05, 3.63) is 88.2 Å². The van der Waals surface area contributed by atoms with E-state index in [2.05, 4.69) is 15.1 Å². The quantitative estimate of drug-likeness (QED) is 0.484. The Morgan fingerprint density at radius 2 is 1.72 bits per heavy atom. The Morgan fingerprint density at radius 3 is 2.52 bits per heavy atom. The zero-order chi connectivity index (χ0) is 20.1. The van der Waals surface area contributed by atoms with Crippen LogP contribution in [0.3, 0.4) is 0 Å². The van der Waals surface area contributed by atoms with Crippen LogP contribution in [0.1, 0.15) is 5.69 Å². The van der Waals surface area contributed by atoms with E-state index in [0.29, 0.717) is 22.5 Å². The van der Waals surface area contributed by atoms with E-state index >= 15 is 0 Å². The number of nitrogens with one attached hydrogen (secondary N) is 1. The minimum atomic E-state index is -1.07. The molecule has 1 N–H and O–H groups in total. The highest BCUT2D eigenvalue weighted by Gasteiger charge is 2.18. The molecule has 0 aliphatic rings. The predicted molar refractivity (Wildman–Crippen MR) is 107 cm³/mol. The fourth-order valence-corrected chi connectivity index (χ4v) is 3.49. The van der Waals surface area contributed by atoms with E-state index < -0.39 is 17.1 Å². The van der Waals surface area contributed by atoms with Gasteiger partial charge in [-0.3, -0.25) is 4.79 Å². The minimum absolute atomic E-state index is 0.0741. The standard InChI is InChI=1S/C22H14F2N4O/c1-12-20-21(29)14-10-15(23)16(24)11-18(14)26-22(20)28(27-12)19-9-5-8-17(25-19)13-6-3-2-4-7-13/h2-11H,1H3,(H,26,29). The van der Waals surface area contributed by atoms with E-state index in [-0.39, 0.29) is 10.9 Å². The Morgan fingerprint density at radius 1 is 0.966 bits per heavy atom. The Bertz CT molecular complexity index is 1460. The largest absolute Gasteiger partial charge is 0.339 e. The molecule has 0 unspecified atom stereocenters. The molecule has 0 saturated heterocycles. The van der Waals surface area contributed by atoms with Gasteiger partial charge in [0, 0.05) is 17.0 Å². The van der Waals surface area contributed by atoms with Crippen LogP contribution in [-0.2, 0) is 0 Å². The van der Waals surface area contributed by atoms with Crippen LogP contribution < -0.4 is 5.43 Å². The van der Waals surface area contributed by atoms with Crippen LogP contribution in [-0.4, -0.2) is 19.7 Å². The van der Waals surface area contributed by atoms with Crippen molar-refractivity contribution in [3.8, 4) is 17.1 Å². The molecule has 142 valence electrons. The SMILES string of the molecule is Cc1nn(-c2cccc(-c3ccccc3)n2)c2[nH]c3cc(F)c(F)cc3c(=O)c12. The summed E-state index contributed by atoms with van der Waals surface area (Å²) in [7, 11) is 0. The van der Waals surface area contributed by atoms with Gasteiger partial charge in [0.1, 0.15) is 5.65 Å². The fraction of sp³-hybridized carbons (Fsp3) is 0.0455. The summed E-state index contributed by atoms with van der Waals surface area (Å²) < 4.78 is 28.9. The molecule has 29 heavy (non-hydrogen) atoms. The topological polar surface area (TPSA) is 63.6 Å². The zero-order valence-electron chi connectivity index (χ0n) is 15.3. The molecule has 5 nitrogen and oxygen atoms in total. The molecule has 7 heteroatoms. The van der Waals surface area contributed by atoms with Crippen molar-refractivity contribution < 1.29 is 8.78 Å². The number of aromatic nitrogens is 4. The number of aromatic amines is 1. The third-order valence-electron chi connectivity index (χ3n) is 4.87. The average Bonchev–Trinajstić information content (AvgIpc) is 3.07. The van der Waals surface area contributed by atoms with Gasteiger partial charge in [0.15, 0.2) is 17.5 Å². The van der Waals surface area contributed by atoms with Crippen LogP contribution in [0.4, 0.5) is 8.78 Å². The van der Waals surface area contributed by atoms with Crippen molar-refractivity contribution in [2.45, 2.75) is 6.92 Å². The van der Waals surface area contributed by atoms with Gasteiger partial charge in [0.25, 0.3) is 0 Å². The Balaban J connectivity index is 1.79. The van der Waals surface area contributed by atoms with Crippen LogP contribution in [0.25, 0.3) is 39.0 Å². The Labute approximate surface area is 163 Å². The number of hydrogen-bond acceptors (Lipinski definition) is 3. The molecular weight excluding hydrogens is 374 g/mol. The van der Waals surface area contributed by atoms with Gasteiger partial charge in [-0.15, -0.1) is 0 Å². The molecule has 0 spiro atoms. The smallest absolute Gasteiger partial charge is 0.200 e. The molecule has 0 amide bonds. The highest BCUT2D eigenvalue weighted by atomic mass is 19.2. The molecule has 0 bridgehead atoms. The summed E-state index contributed by atoms with van der Waals surface area (Å²) in [6.45, 7) is 1.70. The number of pyridine rings is 2. The summed E-state index contributed by atoms with van der Waals surface area (Å²) in [6.07, 6.45) is 0. The van der Waals surface area contributed by atoms with E-state index in [0.717, 1.165) is 23.4 Å². The Kier molecular flexibility index (Phi) is 3.77. The number of fused-ring (bicyclic) bond motifs is 2. The molecule has 2 aromatic carbocycles. The number of H-pyrrole nitrogens is 1. The van der Waals surface area contributed by atoms with Crippen LogP contribution in [0, 0.1) is 18.6 Å². The maximum atomic E-state index is 13.7. The summed E-state index contributed by atoms with van der Waals surface area (Å²) in [5, 5.41) is 4.85. The lowest BCUT2D eigenvalue weighted by Crippen LogP contribution is -2.07. The van der Waals surface area contributed by atoms with Crippen molar-refractivity contribution in [2.24, 2.45) is 0 Å². The molecule has 3 heterocycles. The molecule has 0 atom stereocenters. The third kappa shape index (κ3) is 2.70. The molecular formula is C22H14F2N4O. The number of rotatable bonds is 2. The average molecular weight is 388 g/mol. The molecule has 0 aliphatic carbocycles. The van der Waals surface area contributed by atoms with Gasteiger partial charge in [-0.1, -0.05) is 36.4 Å². The summed E-state index contributed by atoms with van der Waals surface area (Å²) in [6, 6.07) is 17.1. The Hall–Kier alpha value is -3.87. The first-order chi connectivity index (χ1) is 14.0. The number of benzene rings is 2. The first kappa shape index (κ1) is 17.2. The second-order valence-electron chi connectivity index (χ2n) is 6.73. The van der Waals surface area contributed by atoms with Crippen LogP contribution in [0.15, 0.2) is 65.5 Å². The maximum absolute atomic E-state index is 13.7. The predicted octanol–water partition coefficient (Wildman–Crippen LogP) is 4.52. The van der Waals surface area contributed by atoms with Crippen molar-refractivity contribution in [3.63, 3.8) is 0 Å². The zero-order valence-corrected chi connectivity index (χ0v) is 15.3. The summed E-state index contributed by atoms with van der Waals surface area (Å²) in [5.74, 6) is -1.59. The lowest BCUT2D eigenvalue weighted by atomic mass is 10.1. The summed E-state index contributed by atoms with van der Waals surface area (Å²) in [4.78, 5) is 20.6. The third-order valence-corrected chi connectivity index (χ3v) is 4.87. The van der Waals surface area contributed by atoms with Crippen molar-refractivity contribution in [1.29, 1.82) is 0 Å². The lowest BCUT2D eigenvalue weighted by molar-refractivity contribution is 0.510. The number of halogens is 2. The van der Waals surface area contributed by atoms with Crippen molar-refractivity contribution >= 4 is 21.9 Å². The molecule has 0 fully saturated rings.